The monoisotopic (exact) mass is 207 g/mol. The van der Waals surface area contributed by atoms with E-state index in [1.54, 1.807) is 7.11 Å². The lowest BCUT2D eigenvalue weighted by molar-refractivity contribution is 0.177. The zero-order valence-electron chi connectivity index (χ0n) is 8.74. The number of carbonyl (C=O) groups is 1. The van der Waals surface area contributed by atoms with Crippen LogP contribution in [0.25, 0.3) is 0 Å². The highest BCUT2D eigenvalue weighted by molar-refractivity contribution is 5.70. The third-order valence-corrected chi connectivity index (χ3v) is 2.59. The van der Waals surface area contributed by atoms with Crippen LogP contribution >= 0.6 is 0 Å². The molecule has 1 amide bonds. The Morgan fingerprint density at radius 3 is 2.93 bits per heavy atom. The number of nitrogens with one attached hydrogen (secondary N) is 1. The van der Waals surface area contributed by atoms with Crippen LogP contribution in [0.4, 0.5) is 4.79 Å². The Labute approximate surface area is 88.2 Å². The number of carbonyl (C=O) groups excluding carboxylic acids is 1. The number of cyclic esters (lactones) is 1. The van der Waals surface area contributed by atoms with Crippen molar-refractivity contribution in [3.63, 3.8) is 0 Å². The summed E-state index contributed by atoms with van der Waals surface area (Å²) in [6, 6.07) is 5.71. The molecule has 0 radical (unpaired) electrons. The number of alkyl carbamates (subject to hydrolysis) is 1. The molecular weight excluding hydrogens is 194 g/mol. The van der Waals surface area contributed by atoms with E-state index >= 15 is 0 Å². The fourth-order valence-electron chi connectivity index (χ4n) is 1.78. The number of hydrogen-bond acceptors (Lipinski definition) is 3. The van der Waals surface area contributed by atoms with Gasteiger partial charge >= 0.3 is 6.09 Å². The van der Waals surface area contributed by atoms with Crippen LogP contribution in [-0.2, 0) is 4.74 Å². The molecule has 1 unspecified atom stereocenters. The van der Waals surface area contributed by atoms with E-state index in [0.29, 0.717) is 6.61 Å². The Kier molecular flexibility index (Phi) is 2.49. The molecule has 1 N–H and O–H groups in total. The van der Waals surface area contributed by atoms with Crippen LogP contribution in [0.5, 0.6) is 5.75 Å². The first-order valence-corrected chi connectivity index (χ1v) is 4.79. The second kappa shape index (κ2) is 3.81. The lowest BCUT2D eigenvalue weighted by Gasteiger charge is -2.13. The maximum atomic E-state index is 10.9. The molecule has 1 atom stereocenters. The molecule has 0 spiro atoms. The Morgan fingerprint density at radius 2 is 2.33 bits per heavy atom. The van der Waals surface area contributed by atoms with Crippen LogP contribution in [0.3, 0.4) is 0 Å². The van der Waals surface area contributed by atoms with Crippen molar-refractivity contribution in [1.82, 2.24) is 5.32 Å². The van der Waals surface area contributed by atoms with Crippen LogP contribution in [0.2, 0.25) is 0 Å². The predicted molar refractivity (Wildman–Crippen MR) is 55.0 cm³/mol. The molecule has 1 aromatic carbocycles. The largest absolute Gasteiger partial charge is 0.496 e. The second-order valence-corrected chi connectivity index (χ2v) is 3.47. The van der Waals surface area contributed by atoms with Crippen molar-refractivity contribution in [1.29, 1.82) is 0 Å². The van der Waals surface area contributed by atoms with E-state index in [9.17, 15) is 4.79 Å². The summed E-state index contributed by atoms with van der Waals surface area (Å²) in [5.41, 5.74) is 2.08. The van der Waals surface area contributed by atoms with Crippen molar-refractivity contribution >= 4 is 6.09 Å². The van der Waals surface area contributed by atoms with Crippen LogP contribution in [0.15, 0.2) is 18.2 Å². The van der Waals surface area contributed by atoms with Crippen molar-refractivity contribution in [2.75, 3.05) is 13.7 Å². The summed E-state index contributed by atoms with van der Waals surface area (Å²) in [7, 11) is 1.63. The highest BCUT2D eigenvalue weighted by atomic mass is 16.6. The van der Waals surface area contributed by atoms with Crippen molar-refractivity contribution in [2.24, 2.45) is 0 Å². The summed E-state index contributed by atoms with van der Waals surface area (Å²) in [4.78, 5) is 10.9. The molecule has 2 rings (SSSR count). The first-order chi connectivity index (χ1) is 7.22. The molecule has 15 heavy (non-hydrogen) atoms. The Bertz CT molecular complexity index is 389. The summed E-state index contributed by atoms with van der Waals surface area (Å²) in [5.74, 6) is 0.827. The molecule has 4 nitrogen and oxygen atoms in total. The predicted octanol–water partition coefficient (Wildman–Crippen LogP) is 1.78. The SMILES string of the molecule is COc1cccc(C2COC(=O)N2)c1C. The number of rotatable bonds is 2. The minimum atomic E-state index is -0.359. The molecule has 1 aliphatic heterocycles. The van der Waals surface area contributed by atoms with E-state index in [-0.39, 0.29) is 12.1 Å². The van der Waals surface area contributed by atoms with Crippen molar-refractivity contribution in [2.45, 2.75) is 13.0 Å². The van der Waals surface area contributed by atoms with Gasteiger partial charge in [-0.1, -0.05) is 12.1 Å². The van der Waals surface area contributed by atoms with Gasteiger partial charge < -0.3 is 14.8 Å². The van der Waals surface area contributed by atoms with Crippen LogP contribution in [-0.4, -0.2) is 19.8 Å². The Balaban J connectivity index is 2.32. The number of methoxy groups -OCH3 is 1. The van der Waals surface area contributed by atoms with E-state index in [4.69, 9.17) is 9.47 Å². The average molecular weight is 207 g/mol. The van der Waals surface area contributed by atoms with E-state index in [1.165, 1.54) is 0 Å². The van der Waals surface area contributed by atoms with Gasteiger partial charge in [0.2, 0.25) is 0 Å². The summed E-state index contributed by atoms with van der Waals surface area (Å²) < 4.78 is 10.1. The van der Waals surface area contributed by atoms with Gasteiger partial charge in [-0.2, -0.15) is 0 Å². The van der Waals surface area contributed by atoms with E-state index in [2.05, 4.69) is 5.32 Å². The minimum absolute atomic E-state index is 0.0624. The highest BCUT2D eigenvalue weighted by Gasteiger charge is 2.25. The molecule has 0 aromatic heterocycles. The van der Waals surface area contributed by atoms with Gasteiger partial charge in [-0.15, -0.1) is 0 Å². The topological polar surface area (TPSA) is 47.6 Å². The molecule has 1 aliphatic rings. The van der Waals surface area contributed by atoms with Crippen molar-refractivity contribution in [3.8, 4) is 5.75 Å². The van der Waals surface area contributed by atoms with Crippen LogP contribution in [0, 0.1) is 6.92 Å². The molecule has 0 saturated carbocycles. The van der Waals surface area contributed by atoms with Crippen molar-refractivity contribution < 1.29 is 14.3 Å². The maximum absolute atomic E-state index is 10.9. The first-order valence-electron chi connectivity index (χ1n) is 4.79. The van der Waals surface area contributed by atoms with Gasteiger partial charge in [-0.25, -0.2) is 4.79 Å². The second-order valence-electron chi connectivity index (χ2n) is 3.47. The molecule has 80 valence electrons. The molecule has 1 heterocycles. The standard InChI is InChI=1S/C11H13NO3/c1-7-8(4-3-5-10(7)14-2)9-6-15-11(13)12-9/h3-5,9H,6H2,1-2H3,(H,12,13). The molecule has 1 aromatic rings. The van der Waals surface area contributed by atoms with E-state index in [1.807, 2.05) is 25.1 Å². The Morgan fingerprint density at radius 1 is 1.53 bits per heavy atom. The third kappa shape index (κ3) is 1.75. The molecule has 0 aliphatic carbocycles. The average Bonchev–Trinajstić information content (AvgIpc) is 2.65. The minimum Gasteiger partial charge on any atom is -0.496 e. The lowest BCUT2D eigenvalue weighted by atomic mass is 10.0. The van der Waals surface area contributed by atoms with E-state index < -0.39 is 0 Å². The maximum Gasteiger partial charge on any atom is 0.407 e. The lowest BCUT2D eigenvalue weighted by Crippen LogP contribution is -2.19. The normalized spacial score (nSPS) is 19.6. The first kappa shape index (κ1) is 9.83. The van der Waals surface area contributed by atoms with Gasteiger partial charge in [0.1, 0.15) is 12.4 Å². The van der Waals surface area contributed by atoms with Gasteiger partial charge in [0.15, 0.2) is 0 Å². The smallest absolute Gasteiger partial charge is 0.407 e. The molecule has 4 heteroatoms. The third-order valence-electron chi connectivity index (χ3n) is 2.59. The van der Waals surface area contributed by atoms with Gasteiger partial charge in [-0.05, 0) is 24.1 Å². The zero-order valence-corrected chi connectivity index (χ0v) is 8.74. The summed E-state index contributed by atoms with van der Waals surface area (Å²) in [6.07, 6.45) is -0.359. The summed E-state index contributed by atoms with van der Waals surface area (Å²) in [6.45, 7) is 2.35. The number of amides is 1. The number of hydrogen-bond donors (Lipinski definition) is 1. The molecule has 1 saturated heterocycles. The van der Waals surface area contributed by atoms with Gasteiger partial charge in [0.05, 0.1) is 13.2 Å². The quantitative estimate of drug-likeness (QED) is 0.804. The fraction of sp³-hybridized carbons (Fsp3) is 0.364. The summed E-state index contributed by atoms with van der Waals surface area (Å²) >= 11 is 0. The van der Waals surface area contributed by atoms with Gasteiger partial charge in [0, 0.05) is 0 Å². The van der Waals surface area contributed by atoms with Crippen LogP contribution in [0.1, 0.15) is 17.2 Å². The number of ether oxygens (including phenoxy) is 2. The molecule has 1 fully saturated rings. The highest BCUT2D eigenvalue weighted by Crippen LogP contribution is 2.27. The zero-order chi connectivity index (χ0) is 10.8. The molecule has 0 bridgehead atoms. The van der Waals surface area contributed by atoms with Gasteiger partial charge in [-0.3, -0.25) is 0 Å². The fourth-order valence-corrected chi connectivity index (χ4v) is 1.78. The van der Waals surface area contributed by atoms with E-state index in [0.717, 1.165) is 16.9 Å². The summed E-state index contributed by atoms with van der Waals surface area (Å²) in [5, 5.41) is 2.75. The van der Waals surface area contributed by atoms with Gasteiger partial charge in [0.25, 0.3) is 0 Å². The molecular formula is C11H13NO3. The number of benzene rings is 1. The Hall–Kier alpha value is -1.71. The van der Waals surface area contributed by atoms with Crippen molar-refractivity contribution in [3.05, 3.63) is 29.3 Å². The van der Waals surface area contributed by atoms with Crippen LogP contribution < -0.4 is 10.1 Å².